The van der Waals surface area contributed by atoms with Crippen LogP contribution in [0.1, 0.15) is 37.0 Å². The summed E-state index contributed by atoms with van der Waals surface area (Å²) in [4.78, 5) is 2.38. The maximum Gasteiger partial charge on any atom is 0.0236 e. The van der Waals surface area contributed by atoms with Crippen LogP contribution in [0.5, 0.6) is 0 Å². The Labute approximate surface area is 106 Å². The van der Waals surface area contributed by atoms with Gasteiger partial charge in [0.05, 0.1) is 0 Å². The molecular weight excluding hydrogens is 208 g/mol. The van der Waals surface area contributed by atoms with Crippen LogP contribution in [-0.4, -0.2) is 24.0 Å². The molecule has 0 fully saturated rings. The van der Waals surface area contributed by atoms with Gasteiger partial charge >= 0.3 is 0 Å². The van der Waals surface area contributed by atoms with Crippen molar-refractivity contribution >= 4 is 0 Å². The first-order valence-corrected chi connectivity index (χ1v) is 6.34. The van der Waals surface area contributed by atoms with Crippen LogP contribution in [0, 0.1) is 13.8 Å². The predicted octanol–water partition coefficient (Wildman–Crippen LogP) is 2.86. The number of nitrogens with zero attached hydrogens (tertiary/aromatic N) is 1. The molecule has 2 heteroatoms. The topological polar surface area (TPSA) is 29.3 Å². The first kappa shape index (κ1) is 14.2. The molecule has 0 saturated carbocycles. The summed E-state index contributed by atoms with van der Waals surface area (Å²) in [5.41, 5.74) is 9.93. The highest BCUT2D eigenvalue weighted by molar-refractivity contribution is 5.29. The summed E-state index contributed by atoms with van der Waals surface area (Å²) in [5.74, 6) is 0. The van der Waals surface area contributed by atoms with Crippen LogP contribution in [0.4, 0.5) is 0 Å². The van der Waals surface area contributed by atoms with Crippen molar-refractivity contribution in [1.29, 1.82) is 0 Å². The Hall–Kier alpha value is -0.860. The third-order valence-corrected chi connectivity index (χ3v) is 3.78. The first-order valence-electron chi connectivity index (χ1n) is 6.34. The molecule has 17 heavy (non-hydrogen) atoms. The Bertz CT molecular complexity index is 369. The zero-order valence-corrected chi connectivity index (χ0v) is 11.9. The smallest absolute Gasteiger partial charge is 0.0236 e. The molecule has 2 N–H and O–H groups in total. The molecule has 0 radical (unpaired) electrons. The molecule has 2 nitrogen and oxygen atoms in total. The Morgan fingerprint density at radius 3 is 2.35 bits per heavy atom. The Morgan fingerprint density at radius 1 is 1.18 bits per heavy atom. The number of benzene rings is 1. The molecule has 0 unspecified atom stereocenters. The molecule has 0 heterocycles. The molecule has 0 spiro atoms. The molecule has 96 valence electrons. The van der Waals surface area contributed by atoms with E-state index in [0.717, 1.165) is 19.5 Å². The number of aryl methyl sites for hydroxylation is 2. The predicted molar refractivity (Wildman–Crippen MR) is 75.1 cm³/mol. The second kappa shape index (κ2) is 5.65. The van der Waals surface area contributed by atoms with E-state index in [1.165, 1.54) is 16.7 Å². The Morgan fingerprint density at radius 2 is 1.82 bits per heavy atom. The van der Waals surface area contributed by atoms with Crippen molar-refractivity contribution in [2.75, 3.05) is 13.6 Å². The third kappa shape index (κ3) is 3.83. The van der Waals surface area contributed by atoms with Gasteiger partial charge in [-0.15, -0.1) is 0 Å². The van der Waals surface area contributed by atoms with E-state index in [2.05, 4.69) is 57.8 Å². The Balaban J connectivity index is 2.73. The lowest BCUT2D eigenvalue weighted by Gasteiger charge is -2.35. The summed E-state index contributed by atoms with van der Waals surface area (Å²) in [5, 5.41) is 0. The fourth-order valence-electron chi connectivity index (χ4n) is 1.93. The molecule has 0 saturated heterocycles. The van der Waals surface area contributed by atoms with E-state index in [4.69, 9.17) is 5.73 Å². The van der Waals surface area contributed by atoms with Crippen molar-refractivity contribution in [3.8, 4) is 0 Å². The van der Waals surface area contributed by atoms with Gasteiger partial charge in [-0.05, 0) is 64.4 Å². The highest BCUT2D eigenvalue weighted by Crippen LogP contribution is 2.20. The summed E-state index contributed by atoms with van der Waals surface area (Å²) in [6.45, 7) is 10.5. The molecular formula is C15H26N2. The van der Waals surface area contributed by atoms with Gasteiger partial charge in [0, 0.05) is 12.1 Å². The van der Waals surface area contributed by atoms with Crippen LogP contribution in [-0.2, 0) is 6.54 Å². The summed E-state index contributed by atoms with van der Waals surface area (Å²) in [6, 6.07) is 6.70. The standard InChI is InChI=1S/C15H26N2/c1-12-6-7-14(10-13(12)2)11-17(5)15(3,4)8-9-16/h6-7,10H,8-9,11,16H2,1-5H3. The van der Waals surface area contributed by atoms with Crippen molar-refractivity contribution in [2.24, 2.45) is 5.73 Å². The van der Waals surface area contributed by atoms with Crippen molar-refractivity contribution in [2.45, 2.75) is 46.2 Å². The minimum Gasteiger partial charge on any atom is -0.330 e. The van der Waals surface area contributed by atoms with Gasteiger partial charge in [-0.3, -0.25) is 4.90 Å². The van der Waals surface area contributed by atoms with Crippen molar-refractivity contribution in [1.82, 2.24) is 4.90 Å². The molecule has 1 aromatic rings. The molecule has 1 rings (SSSR count). The molecule has 0 aliphatic heterocycles. The number of nitrogens with two attached hydrogens (primary N) is 1. The molecule has 0 aliphatic rings. The van der Waals surface area contributed by atoms with Crippen molar-refractivity contribution in [3.63, 3.8) is 0 Å². The monoisotopic (exact) mass is 234 g/mol. The molecule has 0 amide bonds. The minimum absolute atomic E-state index is 0.160. The lowest BCUT2D eigenvalue weighted by atomic mass is 9.97. The number of rotatable bonds is 5. The maximum absolute atomic E-state index is 5.66. The SMILES string of the molecule is Cc1ccc(CN(C)C(C)(C)CCN)cc1C. The van der Waals surface area contributed by atoms with Crippen LogP contribution in [0.3, 0.4) is 0 Å². The summed E-state index contributed by atoms with van der Waals surface area (Å²) >= 11 is 0. The van der Waals surface area contributed by atoms with Crippen LogP contribution in [0.2, 0.25) is 0 Å². The van der Waals surface area contributed by atoms with Crippen LogP contribution in [0.15, 0.2) is 18.2 Å². The summed E-state index contributed by atoms with van der Waals surface area (Å²) < 4.78 is 0. The second-order valence-electron chi connectivity index (χ2n) is 5.63. The molecule has 0 atom stereocenters. The van der Waals surface area contributed by atoms with Gasteiger partial charge in [0.15, 0.2) is 0 Å². The van der Waals surface area contributed by atoms with E-state index in [-0.39, 0.29) is 5.54 Å². The molecule has 0 bridgehead atoms. The molecule has 1 aromatic carbocycles. The lowest BCUT2D eigenvalue weighted by Crippen LogP contribution is -2.42. The highest BCUT2D eigenvalue weighted by atomic mass is 15.2. The average molecular weight is 234 g/mol. The highest BCUT2D eigenvalue weighted by Gasteiger charge is 2.22. The van der Waals surface area contributed by atoms with Crippen LogP contribution in [0.25, 0.3) is 0 Å². The quantitative estimate of drug-likeness (QED) is 0.849. The van der Waals surface area contributed by atoms with Gasteiger partial charge < -0.3 is 5.73 Å². The van der Waals surface area contributed by atoms with Gasteiger partial charge in [-0.1, -0.05) is 18.2 Å². The van der Waals surface area contributed by atoms with Gasteiger partial charge in [0.2, 0.25) is 0 Å². The zero-order valence-electron chi connectivity index (χ0n) is 11.9. The minimum atomic E-state index is 0.160. The van der Waals surface area contributed by atoms with Crippen molar-refractivity contribution < 1.29 is 0 Å². The number of hydrogen-bond acceptors (Lipinski definition) is 2. The van der Waals surface area contributed by atoms with E-state index in [0.29, 0.717) is 0 Å². The van der Waals surface area contributed by atoms with Gasteiger partial charge in [-0.2, -0.15) is 0 Å². The van der Waals surface area contributed by atoms with Gasteiger partial charge in [-0.25, -0.2) is 0 Å². The molecule has 0 aliphatic carbocycles. The zero-order chi connectivity index (χ0) is 13.1. The Kier molecular flexibility index (Phi) is 4.72. The fourth-order valence-corrected chi connectivity index (χ4v) is 1.93. The van der Waals surface area contributed by atoms with E-state index in [1.807, 2.05) is 0 Å². The van der Waals surface area contributed by atoms with Gasteiger partial charge in [0.1, 0.15) is 0 Å². The first-order chi connectivity index (χ1) is 7.86. The van der Waals surface area contributed by atoms with E-state index >= 15 is 0 Å². The molecule has 0 aromatic heterocycles. The van der Waals surface area contributed by atoms with Gasteiger partial charge in [0.25, 0.3) is 0 Å². The third-order valence-electron chi connectivity index (χ3n) is 3.78. The fraction of sp³-hybridized carbons (Fsp3) is 0.600. The van der Waals surface area contributed by atoms with E-state index < -0.39 is 0 Å². The second-order valence-corrected chi connectivity index (χ2v) is 5.63. The summed E-state index contributed by atoms with van der Waals surface area (Å²) in [7, 11) is 2.17. The largest absolute Gasteiger partial charge is 0.330 e. The maximum atomic E-state index is 5.66. The summed E-state index contributed by atoms with van der Waals surface area (Å²) in [6.07, 6.45) is 1.02. The van der Waals surface area contributed by atoms with Crippen molar-refractivity contribution in [3.05, 3.63) is 34.9 Å². The van der Waals surface area contributed by atoms with E-state index in [9.17, 15) is 0 Å². The van der Waals surface area contributed by atoms with Crippen LogP contribution < -0.4 is 5.73 Å². The average Bonchev–Trinajstić information content (AvgIpc) is 2.23. The normalized spacial score (nSPS) is 12.2. The van der Waals surface area contributed by atoms with E-state index in [1.54, 1.807) is 0 Å². The van der Waals surface area contributed by atoms with Crippen LogP contribution >= 0.6 is 0 Å². The number of hydrogen-bond donors (Lipinski definition) is 1. The lowest BCUT2D eigenvalue weighted by molar-refractivity contribution is 0.140.